The van der Waals surface area contributed by atoms with Crippen molar-refractivity contribution >= 4 is 11.6 Å². The van der Waals surface area contributed by atoms with E-state index in [1.54, 1.807) is 12.1 Å². The third kappa shape index (κ3) is 3.36. The first-order chi connectivity index (χ1) is 14.6. The Balaban J connectivity index is 1.25. The number of carbonyl (C=O) groups is 1. The number of carbonyl (C=O) groups excluding carboxylic acids is 1. The minimum absolute atomic E-state index is 0.0717. The lowest BCUT2D eigenvalue weighted by Crippen LogP contribution is -2.42. The molecule has 2 aromatic rings. The van der Waals surface area contributed by atoms with Crippen molar-refractivity contribution in [1.29, 1.82) is 5.26 Å². The number of anilines is 1. The molecule has 3 heterocycles. The number of fused-ring (bicyclic) bond motifs is 1. The summed E-state index contributed by atoms with van der Waals surface area (Å²) in [6.45, 7) is 5.87. The molecular weight excluding hydrogens is 374 g/mol. The third-order valence-electron chi connectivity index (χ3n) is 7.24. The first-order valence-corrected chi connectivity index (χ1v) is 10.9. The van der Waals surface area contributed by atoms with Crippen LogP contribution in [-0.2, 0) is 11.2 Å². The summed E-state index contributed by atoms with van der Waals surface area (Å²) >= 11 is 0. The molecular formula is C25H27N3O2. The van der Waals surface area contributed by atoms with Crippen molar-refractivity contribution in [3.63, 3.8) is 0 Å². The van der Waals surface area contributed by atoms with Crippen LogP contribution < -0.4 is 9.64 Å². The Hall–Kier alpha value is -2.84. The van der Waals surface area contributed by atoms with Gasteiger partial charge in [0, 0.05) is 31.1 Å². The highest BCUT2D eigenvalue weighted by atomic mass is 16.5. The molecule has 5 nitrogen and oxygen atoms in total. The van der Waals surface area contributed by atoms with Crippen molar-refractivity contribution in [3.05, 3.63) is 59.2 Å². The van der Waals surface area contributed by atoms with Crippen molar-refractivity contribution in [1.82, 2.24) is 4.90 Å². The Morgan fingerprint density at radius 2 is 1.90 bits per heavy atom. The van der Waals surface area contributed by atoms with E-state index in [2.05, 4.69) is 36.1 Å². The van der Waals surface area contributed by atoms with Crippen LogP contribution in [0.5, 0.6) is 5.75 Å². The zero-order valence-corrected chi connectivity index (χ0v) is 17.4. The molecule has 30 heavy (non-hydrogen) atoms. The maximum Gasteiger partial charge on any atom is 0.227 e. The number of hydrogen-bond acceptors (Lipinski definition) is 4. The summed E-state index contributed by atoms with van der Waals surface area (Å²) in [5, 5.41) is 9.00. The van der Waals surface area contributed by atoms with Crippen LogP contribution in [-0.4, -0.2) is 37.0 Å². The summed E-state index contributed by atoms with van der Waals surface area (Å²) in [6.07, 6.45) is 3.72. The van der Waals surface area contributed by atoms with Crippen LogP contribution in [0.2, 0.25) is 0 Å². The second kappa shape index (κ2) is 7.45. The zero-order valence-electron chi connectivity index (χ0n) is 17.4. The van der Waals surface area contributed by atoms with E-state index in [0.717, 1.165) is 56.9 Å². The van der Waals surface area contributed by atoms with Crippen LogP contribution in [0.4, 0.5) is 5.69 Å². The average Bonchev–Trinajstić information content (AvgIpc) is 3.37. The second-order valence-electron chi connectivity index (χ2n) is 8.99. The highest BCUT2D eigenvalue weighted by molar-refractivity contribution is 5.96. The van der Waals surface area contributed by atoms with Crippen molar-refractivity contribution < 1.29 is 9.53 Å². The predicted molar refractivity (Wildman–Crippen MR) is 115 cm³/mol. The highest BCUT2D eigenvalue weighted by Crippen LogP contribution is 2.44. The molecule has 2 aromatic carbocycles. The second-order valence-corrected chi connectivity index (χ2v) is 8.99. The largest absolute Gasteiger partial charge is 0.493 e. The molecule has 5 heteroatoms. The molecule has 3 aliphatic heterocycles. The molecule has 2 fully saturated rings. The zero-order chi connectivity index (χ0) is 20.7. The number of nitrogens with zero attached hydrogens (tertiary/aromatic N) is 3. The van der Waals surface area contributed by atoms with Gasteiger partial charge in [-0.25, -0.2) is 0 Å². The lowest BCUT2D eigenvalue weighted by Gasteiger charge is -2.41. The van der Waals surface area contributed by atoms with Crippen LogP contribution in [0, 0.1) is 16.7 Å². The lowest BCUT2D eigenvalue weighted by atomic mass is 9.77. The summed E-state index contributed by atoms with van der Waals surface area (Å²) in [5.74, 6) is 1.25. The summed E-state index contributed by atoms with van der Waals surface area (Å²) in [5.41, 5.74) is 4.23. The molecule has 154 valence electrons. The Morgan fingerprint density at radius 1 is 1.13 bits per heavy atom. The Kier molecular flexibility index (Phi) is 4.75. The first-order valence-electron chi connectivity index (χ1n) is 10.9. The topological polar surface area (TPSA) is 56.6 Å². The van der Waals surface area contributed by atoms with E-state index in [1.807, 2.05) is 17.0 Å². The predicted octanol–water partition coefficient (Wildman–Crippen LogP) is 4.07. The van der Waals surface area contributed by atoms with Crippen molar-refractivity contribution in [2.75, 3.05) is 31.1 Å². The summed E-state index contributed by atoms with van der Waals surface area (Å²) in [7, 11) is 0. The van der Waals surface area contributed by atoms with Gasteiger partial charge in [0.15, 0.2) is 0 Å². The van der Waals surface area contributed by atoms with Gasteiger partial charge in [0.25, 0.3) is 0 Å². The standard InChI is InChI=1S/C25H27N3O2/c1-18(21-5-4-20-8-13-30-23(20)14-21)27-11-9-25(10-12-27)15-24(29)28(17-25)22-6-2-19(16-26)3-7-22/h2-7,14,18H,8-13,15,17H2,1H3. The first kappa shape index (κ1) is 19.1. The number of piperidine rings is 1. The van der Waals surface area contributed by atoms with E-state index in [-0.39, 0.29) is 11.3 Å². The van der Waals surface area contributed by atoms with E-state index in [0.29, 0.717) is 18.0 Å². The number of hydrogen-bond donors (Lipinski definition) is 0. The monoisotopic (exact) mass is 401 g/mol. The van der Waals surface area contributed by atoms with Gasteiger partial charge < -0.3 is 9.64 Å². The van der Waals surface area contributed by atoms with Gasteiger partial charge in [-0.05, 0) is 79.7 Å². The molecule has 0 saturated carbocycles. The lowest BCUT2D eigenvalue weighted by molar-refractivity contribution is -0.118. The van der Waals surface area contributed by atoms with Crippen molar-refractivity contribution in [2.45, 2.75) is 38.6 Å². The molecule has 3 aliphatic rings. The van der Waals surface area contributed by atoms with Gasteiger partial charge in [-0.2, -0.15) is 5.26 Å². The molecule has 5 rings (SSSR count). The number of ether oxygens (including phenoxy) is 1. The molecule has 1 atom stereocenters. The Bertz CT molecular complexity index is 1000. The summed E-state index contributed by atoms with van der Waals surface area (Å²) in [6, 6.07) is 16.5. The van der Waals surface area contributed by atoms with Gasteiger partial charge in [0.1, 0.15) is 5.75 Å². The number of nitriles is 1. The van der Waals surface area contributed by atoms with Gasteiger partial charge in [-0.3, -0.25) is 9.69 Å². The number of benzene rings is 2. The molecule has 0 aromatic heterocycles. The third-order valence-corrected chi connectivity index (χ3v) is 7.24. The number of amides is 1. The van der Waals surface area contributed by atoms with E-state index in [9.17, 15) is 4.79 Å². The smallest absolute Gasteiger partial charge is 0.227 e. The van der Waals surface area contributed by atoms with Gasteiger partial charge in [0.05, 0.1) is 18.2 Å². The number of likely N-dealkylation sites (tertiary alicyclic amines) is 1. The normalized spacial score (nSPS) is 21.3. The minimum Gasteiger partial charge on any atom is -0.493 e. The van der Waals surface area contributed by atoms with Gasteiger partial charge in [-0.1, -0.05) is 12.1 Å². The van der Waals surface area contributed by atoms with Gasteiger partial charge in [0.2, 0.25) is 5.91 Å². The fourth-order valence-electron chi connectivity index (χ4n) is 5.22. The molecule has 0 aliphatic carbocycles. The van der Waals surface area contributed by atoms with E-state index >= 15 is 0 Å². The maximum absolute atomic E-state index is 12.8. The summed E-state index contributed by atoms with van der Waals surface area (Å²) in [4.78, 5) is 17.2. The summed E-state index contributed by atoms with van der Waals surface area (Å²) < 4.78 is 5.75. The fraction of sp³-hybridized carbons (Fsp3) is 0.440. The van der Waals surface area contributed by atoms with Crippen molar-refractivity contribution in [3.8, 4) is 11.8 Å². The van der Waals surface area contributed by atoms with E-state index < -0.39 is 0 Å². The van der Waals surface area contributed by atoms with Gasteiger partial charge >= 0.3 is 0 Å². The molecule has 2 saturated heterocycles. The quantitative estimate of drug-likeness (QED) is 0.778. The Labute approximate surface area is 177 Å². The molecule has 1 spiro atoms. The maximum atomic E-state index is 12.8. The van der Waals surface area contributed by atoms with Crippen molar-refractivity contribution in [2.24, 2.45) is 5.41 Å². The fourth-order valence-corrected chi connectivity index (χ4v) is 5.22. The molecule has 0 N–H and O–H groups in total. The van der Waals surface area contributed by atoms with Crippen LogP contribution in [0.1, 0.15) is 48.9 Å². The molecule has 1 unspecified atom stereocenters. The van der Waals surface area contributed by atoms with E-state index in [4.69, 9.17) is 10.00 Å². The van der Waals surface area contributed by atoms with Gasteiger partial charge in [-0.15, -0.1) is 0 Å². The molecule has 1 amide bonds. The number of rotatable bonds is 3. The minimum atomic E-state index is 0.0717. The molecule has 0 bridgehead atoms. The van der Waals surface area contributed by atoms with Crippen LogP contribution in [0.15, 0.2) is 42.5 Å². The van der Waals surface area contributed by atoms with Crippen LogP contribution in [0.3, 0.4) is 0 Å². The highest BCUT2D eigenvalue weighted by Gasteiger charge is 2.45. The SMILES string of the molecule is CC(c1ccc2c(c1)OCC2)N1CCC2(CC1)CC(=O)N(c1ccc(C#N)cc1)C2. The average molecular weight is 402 g/mol. The Morgan fingerprint density at radius 3 is 2.63 bits per heavy atom. The van der Waals surface area contributed by atoms with Crippen LogP contribution in [0.25, 0.3) is 0 Å². The van der Waals surface area contributed by atoms with E-state index in [1.165, 1.54) is 11.1 Å². The van der Waals surface area contributed by atoms with Crippen LogP contribution >= 0.6 is 0 Å². The molecule has 0 radical (unpaired) electrons.